The van der Waals surface area contributed by atoms with Crippen LogP contribution < -0.4 is 10.6 Å². The molecule has 0 radical (unpaired) electrons. The molecule has 130 valence electrons. The van der Waals surface area contributed by atoms with Gasteiger partial charge in [0.2, 0.25) is 5.91 Å². The Bertz CT molecular complexity index is 508. The van der Waals surface area contributed by atoms with Gasteiger partial charge in [0.25, 0.3) is 0 Å². The summed E-state index contributed by atoms with van der Waals surface area (Å²) in [5.74, 6) is -1.09. The number of carboxylic acids is 1. The van der Waals surface area contributed by atoms with Gasteiger partial charge in [0.1, 0.15) is 6.04 Å². The lowest BCUT2D eigenvalue weighted by molar-refractivity contribution is -0.140. The largest absolute Gasteiger partial charge is 0.480 e. The van der Waals surface area contributed by atoms with E-state index in [0.717, 1.165) is 12.8 Å². The first-order chi connectivity index (χ1) is 10.5. The van der Waals surface area contributed by atoms with Crippen molar-refractivity contribution in [3.05, 3.63) is 35.4 Å². The van der Waals surface area contributed by atoms with Gasteiger partial charge in [-0.05, 0) is 37.8 Å². The number of hydrogen-bond acceptors (Lipinski definition) is 3. The van der Waals surface area contributed by atoms with Crippen molar-refractivity contribution in [1.82, 2.24) is 10.6 Å². The van der Waals surface area contributed by atoms with E-state index in [0.29, 0.717) is 13.0 Å². The summed E-state index contributed by atoms with van der Waals surface area (Å²) in [5, 5.41) is 14.8. The lowest BCUT2D eigenvalue weighted by Gasteiger charge is -2.19. The second kappa shape index (κ2) is 11.0. The lowest BCUT2D eigenvalue weighted by atomic mass is 10.1. The third kappa shape index (κ3) is 7.48. The highest BCUT2D eigenvalue weighted by Crippen LogP contribution is 2.07. The average Bonchev–Trinajstić information content (AvgIpc) is 2.48. The van der Waals surface area contributed by atoms with E-state index in [4.69, 9.17) is 5.11 Å². The Morgan fingerprint density at radius 1 is 1.26 bits per heavy atom. The summed E-state index contributed by atoms with van der Waals surface area (Å²) in [4.78, 5) is 23.1. The molecule has 0 aliphatic carbocycles. The molecule has 1 rings (SSSR count). The van der Waals surface area contributed by atoms with Gasteiger partial charge in [-0.15, -0.1) is 12.4 Å². The molecule has 1 aromatic rings. The van der Waals surface area contributed by atoms with Crippen LogP contribution in [0, 0.1) is 6.92 Å². The van der Waals surface area contributed by atoms with Gasteiger partial charge in [0, 0.05) is 6.54 Å². The van der Waals surface area contributed by atoms with Gasteiger partial charge in [-0.1, -0.05) is 37.6 Å². The van der Waals surface area contributed by atoms with Crippen molar-refractivity contribution in [3.8, 4) is 0 Å². The first kappa shape index (κ1) is 21.4. The molecule has 23 heavy (non-hydrogen) atoms. The minimum atomic E-state index is -0.915. The predicted molar refractivity (Wildman–Crippen MR) is 94.1 cm³/mol. The van der Waals surface area contributed by atoms with E-state index in [1.165, 1.54) is 11.1 Å². The fourth-order valence-corrected chi connectivity index (χ4v) is 2.31. The quantitative estimate of drug-likeness (QED) is 0.643. The van der Waals surface area contributed by atoms with Crippen LogP contribution in [0.25, 0.3) is 0 Å². The highest BCUT2D eigenvalue weighted by atomic mass is 35.5. The lowest BCUT2D eigenvalue weighted by Crippen LogP contribution is -2.49. The Morgan fingerprint density at radius 2 is 1.91 bits per heavy atom. The molecule has 2 unspecified atom stereocenters. The first-order valence-corrected chi connectivity index (χ1v) is 7.76. The normalized spacial score (nSPS) is 12.8. The van der Waals surface area contributed by atoms with Crippen molar-refractivity contribution in [2.24, 2.45) is 0 Å². The Morgan fingerprint density at radius 3 is 2.48 bits per heavy atom. The number of rotatable bonds is 9. The maximum atomic E-state index is 12.0. The number of amides is 1. The van der Waals surface area contributed by atoms with Crippen LogP contribution in [-0.4, -0.2) is 35.6 Å². The second-order valence-electron chi connectivity index (χ2n) is 5.54. The molecule has 2 atom stereocenters. The number of benzene rings is 1. The average molecular weight is 343 g/mol. The molecule has 0 aliphatic heterocycles. The number of hydrogen-bond donors (Lipinski definition) is 3. The molecule has 0 fully saturated rings. The maximum Gasteiger partial charge on any atom is 0.320 e. The molecule has 5 nitrogen and oxygen atoms in total. The van der Waals surface area contributed by atoms with Gasteiger partial charge in [0.15, 0.2) is 0 Å². The Hall–Kier alpha value is -1.59. The van der Waals surface area contributed by atoms with Gasteiger partial charge in [-0.3, -0.25) is 14.9 Å². The zero-order chi connectivity index (χ0) is 16.5. The van der Waals surface area contributed by atoms with E-state index in [1.807, 2.05) is 38.1 Å². The molecule has 0 bridgehead atoms. The van der Waals surface area contributed by atoms with Gasteiger partial charge in [0.05, 0.1) is 6.04 Å². The van der Waals surface area contributed by atoms with Gasteiger partial charge >= 0.3 is 5.97 Å². The van der Waals surface area contributed by atoms with Crippen molar-refractivity contribution in [1.29, 1.82) is 0 Å². The molecular formula is C17H27ClN2O3. The van der Waals surface area contributed by atoms with E-state index in [9.17, 15) is 9.59 Å². The second-order valence-corrected chi connectivity index (χ2v) is 5.54. The van der Waals surface area contributed by atoms with E-state index in [1.54, 1.807) is 6.92 Å². The number of carboxylic acid groups (broad SMARTS) is 1. The molecule has 0 aliphatic rings. The van der Waals surface area contributed by atoms with Crippen LogP contribution in [-0.2, 0) is 16.0 Å². The minimum absolute atomic E-state index is 0. The van der Waals surface area contributed by atoms with Crippen molar-refractivity contribution < 1.29 is 14.7 Å². The minimum Gasteiger partial charge on any atom is -0.480 e. The third-order valence-electron chi connectivity index (χ3n) is 3.67. The van der Waals surface area contributed by atoms with Crippen LogP contribution in [0.1, 0.15) is 37.8 Å². The maximum absolute atomic E-state index is 12.0. The van der Waals surface area contributed by atoms with E-state index >= 15 is 0 Å². The topological polar surface area (TPSA) is 78.4 Å². The van der Waals surface area contributed by atoms with Crippen molar-refractivity contribution >= 4 is 24.3 Å². The molecule has 6 heteroatoms. The van der Waals surface area contributed by atoms with Crippen LogP contribution >= 0.6 is 12.4 Å². The molecule has 3 N–H and O–H groups in total. The highest BCUT2D eigenvalue weighted by Gasteiger charge is 2.21. The first-order valence-electron chi connectivity index (χ1n) is 7.76. The Kier molecular flexibility index (Phi) is 10.3. The standard InChI is InChI=1S/C17H26N2O3.ClH/c1-4-7-15(17(21)22)19-13(3)16(20)18-11-10-14-9-6-5-8-12(14)2;/h5-6,8-9,13,15,19H,4,7,10-11H2,1-3H3,(H,18,20)(H,21,22);1H. The summed E-state index contributed by atoms with van der Waals surface area (Å²) >= 11 is 0. The van der Waals surface area contributed by atoms with Crippen LogP contribution in [0.5, 0.6) is 0 Å². The zero-order valence-electron chi connectivity index (χ0n) is 14.0. The van der Waals surface area contributed by atoms with Crippen molar-refractivity contribution in [2.45, 2.75) is 52.1 Å². The molecule has 1 aromatic carbocycles. The zero-order valence-corrected chi connectivity index (χ0v) is 14.8. The molecule has 0 spiro atoms. The number of halogens is 1. The number of aryl methyl sites for hydroxylation is 1. The molecule has 1 amide bonds. The summed E-state index contributed by atoms with van der Waals surface area (Å²) < 4.78 is 0. The van der Waals surface area contributed by atoms with Crippen LogP contribution in [0.15, 0.2) is 24.3 Å². The fraction of sp³-hybridized carbons (Fsp3) is 0.529. The predicted octanol–water partition coefficient (Wildman–Crippen LogP) is 2.31. The molecule has 0 saturated carbocycles. The van der Waals surface area contributed by atoms with E-state index in [-0.39, 0.29) is 18.3 Å². The third-order valence-corrected chi connectivity index (χ3v) is 3.67. The van der Waals surface area contributed by atoms with Crippen LogP contribution in [0.3, 0.4) is 0 Å². The summed E-state index contributed by atoms with van der Waals surface area (Å²) in [7, 11) is 0. The molecule has 0 saturated heterocycles. The molecule has 0 aromatic heterocycles. The summed E-state index contributed by atoms with van der Waals surface area (Å²) in [5.41, 5.74) is 2.41. The summed E-state index contributed by atoms with van der Waals surface area (Å²) in [6, 6.07) is 6.86. The number of aliphatic carboxylic acids is 1. The summed E-state index contributed by atoms with van der Waals surface area (Å²) in [6.07, 6.45) is 2.03. The van der Waals surface area contributed by atoms with Gasteiger partial charge in [-0.25, -0.2) is 0 Å². The Labute approximate surface area is 144 Å². The summed E-state index contributed by atoms with van der Waals surface area (Å²) in [6.45, 7) is 6.20. The number of nitrogens with one attached hydrogen (secondary N) is 2. The number of carbonyl (C=O) groups excluding carboxylic acids is 1. The van der Waals surface area contributed by atoms with Gasteiger partial charge < -0.3 is 10.4 Å². The Balaban J connectivity index is 0.00000484. The molecule has 0 heterocycles. The van der Waals surface area contributed by atoms with Crippen LogP contribution in [0.2, 0.25) is 0 Å². The van der Waals surface area contributed by atoms with Crippen molar-refractivity contribution in [3.63, 3.8) is 0 Å². The highest BCUT2D eigenvalue weighted by molar-refractivity contribution is 5.85. The SMILES string of the molecule is CCCC(NC(C)C(=O)NCCc1ccccc1C)C(=O)O.Cl. The van der Waals surface area contributed by atoms with E-state index in [2.05, 4.69) is 10.6 Å². The monoisotopic (exact) mass is 342 g/mol. The number of carbonyl (C=O) groups is 2. The van der Waals surface area contributed by atoms with E-state index < -0.39 is 18.1 Å². The van der Waals surface area contributed by atoms with Gasteiger partial charge in [-0.2, -0.15) is 0 Å². The molecular weight excluding hydrogens is 316 g/mol. The smallest absolute Gasteiger partial charge is 0.320 e. The fourth-order valence-electron chi connectivity index (χ4n) is 2.31. The van der Waals surface area contributed by atoms with Crippen molar-refractivity contribution in [2.75, 3.05) is 6.54 Å². The van der Waals surface area contributed by atoms with Crippen LogP contribution in [0.4, 0.5) is 0 Å².